The summed E-state index contributed by atoms with van der Waals surface area (Å²) >= 11 is 0. The van der Waals surface area contributed by atoms with Gasteiger partial charge in [-0.3, -0.25) is 4.79 Å². The summed E-state index contributed by atoms with van der Waals surface area (Å²) in [6.45, 7) is 5.61. The Bertz CT molecular complexity index is 796. The van der Waals surface area contributed by atoms with Gasteiger partial charge in [-0.25, -0.2) is 0 Å². The van der Waals surface area contributed by atoms with E-state index in [0.717, 1.165) is 36.3 Å². The number of benzene rings is 2. The number of ether oxygens (including phenoxy) is 1. The molecule has 4 rings (SSSR count). The van der Waals surface area contributed by atoms with Crippen LogP contribution in [0.4, 0.5) is 5.69 Å². The topological polar surface area (TPSA) is 41.6 Å². The zero-order chi connectivity index (χ0) is 17.4. The van der Waals surface area contributed by atoms with Gasteiger partial charge in [0, 0.05) is 18.8 Å². The average molecular weight is 336 g/mol. The Balaban J connectivity index is 1.75. The summed E-state index contributed by atoms with van der Waals surface area (Å²) in [5.74, 6) is 0.0794. The molecule has 0 bridgehead atoms. The summed E-state index contributed by atoms with van der Waals surface area (Å²) in [4.78, 5) is 15.2. The lowest BCUT2D eigenvalue weighted by molar-refractivity contribution is 0.0426. The highest BCUT2D eigenvalue weighted by atomic mass is 16.5. The third kappa shape index (κ3) is 3.02. The van der Waals surface area contributed by atoms with E-state index in [0.29, 0.717) is 6.54 Å². The first kappa shape index (κ1) is 16.2. The first-order valence-corrected chi connectivity index (χ1v) is 8.99. The smallest absolute Gasteiger partial charge is 0.257 e. The van der Waals surface area contributed by atoms with Crippen LogP contribution in [-0.2, 0) is 4.74 Å². The summed E-state index contributed by atoms with van der Waals surface area (Å²) in [5.41, 5.74) is 5.18. The number of fused-ring (bicyclic) bond motifs is 1. The molecule has 2 atom stereocenters. The number of nitrogens with zero attached hydrogens (tertiary/aromatic N) is 1. The van der Waals surface area contributed by atoms with Crippen LogP contribution in [-0.4, -0.2) is 30.1 Å². The van der Waals surface area contributed by atoms with Gasteiger partial charge in [0.05, 0.1) is 11.7 Å². The maximum Gasteiger partial charge on any atom is 0.257 e. The first-order chi connectivity index (χ1) is 12.1. The van der Waals surface area contributed by atoms with Crippen LogP contribution < -0.4 is 5.32 Å². The molecular formula is C21H24N2O2. The van der Waals surface area contributed by atoms with Gasteiger partial charge in [0.25, 0.3) is 5.91 Å². The number of nitrogens with one attached hydrogen (secondary N) is 1. The van der Waals surface area contributed by atoms with Gasteiger partial charge in [-0.05, 0) is 49.9 Å². The van der Waals surface area contributed by atoms with Crippen LogP contribution in [0.25, 0.3) is 0 Å². The Hall–Kier alpha value is -2.33. The van der Waals surface area contributed by atoms with E-state index < -0.39 is 0 Å². The SMILES string of the molecule is Cc1ccc(C)c([C@H]2Nc3ccccc3C(=O)N2C[C@@H]2CCCO2)c1. The molecule has 0 radical (unpaired) electrons. The van der Waals surface area contributed by atoms with Crippen molar-refractivity contribution in [3.05, 3.63) is 64.7 Å². The molecule has 0 unspecified atom stereocenters. The third-order valence-electron chi connectivity index (χ3n) is 5.18. The van der Waals surface area contributed by atoms with E-state index in [1.807, 2.05) is 29.2 Å². The second-order valence-corrected chi connectivity index (χ2v) is 7.05. The Labute approximate surface area is 148 Å². The minimum absolute atomic E-state index is 0.0794. The predicted octanol–water partition coefficient (Wildman–Crippen LogP) is 4.05. The second kappa shape index (κ2) is 6.52. The van der Waals surface area contributed by atoms with Gasteiger partial charge in [0.15, 0.2) is 0 Å². The summed E-state index contributed by atoms with van der Waals surface area (Å²) < 4.78 is 5.81. The fraction of sp³-hybridized carbons (Fsp3) is 0.381. The Morgan fingerprint density at radius 1 is 1.20 bits per heavy atom. The van der Waals surface area contributed by atoms with Gasteiger partial charge < -0.3 is 15.0 Å². The summed E-state index contributed by atoms with van der Waals surface area (Å²) in [5, 5.41) is 3.59. The monoisotopic (exact) mass is 336 g/mol. The Morgan fingerprint density at radius 2 is 2.04 bits per heavy atom. The number of amides is 1. The maximum absolute atomic E-state index is 13.2. The minimum atomic E-state index is -0.161. The molecule has 1 N–H and O–H groups in total. The van der Waals surface area contributed by atoms with Gasteiger partial charge in [0.1, 0.15) is 6.17 Å². The van der Waals surface area contributed by atoms with E-state index in [-0.39, 0.29) is 18.2 Å². The molecule has 2 aliphatic rings. The van der Waals surface area contributed by atoms with Crippen LogP contribution in [0, 0.1) is 13.8 Å². The fourth-order valence-corrected chi connectivity index (χ4v) is 3.79. The molecule has 2 aromatic rings. The van der Waals surface area contributed by atoms with E-state index in [2.05, 4.69) is 37.4 Å². The highest BCUT2D eigenvalue weighted by molar-refractivity contribution is 6.01. The number of hydrogen-bond donors (Lipinski definition) is 1. The largest absolute Gasteiger partial charge is 0.376 e. The Kier molecular flexibility index (Phi) is 4.22. The molecule has 0 spiro atoms. The van der Waals surface area contributed by atoms with Crippen LogP contribution >= 0.6 is 0 Å². The molecule has 4 nitrogen and oxygen atoms in total. The molecule has 1 fully saturated rings. The minimum Gasteiger partial charge on any atom is -0.376 e. The van der Waals surface area contributed by atoms with Crippen molar-refractivity contribution in [3.63, 3.8) is 0 Å². The van der Waals surface area contributed by atoms with Gasteiger partial charge in [-0.2, -0.15) is 0 Å². The van der Waals surface area contributed by atoms with Gasteiger partial charge in [-0.1, -0.05) is 35.9 Å². The van der Waals surface area contributed by atoms with Crippen molar-refractivity contribution in [2.24, 2.45) is 0 Å². The zero-order valence-electron chi connectivity index (χ0n) is 14.8. The highest BCUT2D eigenvalue weighted by Gasteiger charge is 2.35. The van der Waals surface area contributed by atoms with Crippen molar-refractivity contribution in [2.45, 2.75) is 39.0 Å². The van der Waals surface area contributed by atoms with Crippen LogP contribution in [0.5, 0.6) is 0 Å². The van der Waals surface area contributed by atoms with E-state index >= 15 is 0 Å². The molecule has 130 valence electrons. The van der Waals surface area contributed by atoms with Crippen molar-refractivity contribution >= 4 is 11.6 Å². The van der Waals surface area contributed by atoms with Crippen molar-refractivity contribution in [3.8, 4) is 0 Å². The zero-order valence-corrected chi connectivity index (χ0v) is 14.8. The van der Waals surface area contributed by atoms with E-state index in [4.69, 9.17) is 4.74 Å². The molecular weight excluding hydrogens is 312 g/mol. The number of carbonyl (C=O) groups excluding carboxylic acids is 1. The number of aryl methyl sites for hydroxylation is 2. The molecule has 2 aromatic carbocycles. The summed E-state index contributed by atoms with van der Waals surface area (Å²) in [7, 11) is 0. The van der Waals surface area contributed by atoms with Crippen LogP contribution in [0.15, 0.2) is 42.5 Å². The van der Waals surface area contributed by atoms with E-state index in [9.17, 15) is 4.79 Å². The lowest BCUT2D eigenvalue weighted by Gasteiger charge is -2.40. The number of carbonyl (C=O) groups is 1. The van der Waals surface area contributed by atoms with Crippen molar-refractivity contribution < 1.29 is 9.53 Å². The maximum atomic E-state index is 13.2. The lowest BCUT2D eigenvalue weighted by atomic mass is 9.98. The average Bonchev–Trinajstić information content (AvgIpc) is 3.13. The molecule has 1 saturated heterocycles. The normalized spacial score (nSPS) is 22.6. The molecule has 0 aromatic heterocycles. The summed E-state index contributed by atoms with van der Waals surface area (Å²) in [6.07, 6.45) is 2.06. The van der Waals surface area contributed by atoms with Crippen LogP contribution in [0.3, 0.4) is 0 Å². The lowest BCUT2D eigenvalue weighted by Crippen LogP contribution is -2.46. The number of para-hydroxylation sites is 1. The standard InChI is InChI=1S/C21H24N2O2/c1-14-9-10-15(2)18(12-14)20-22-19-8-4-3-7-17(19)21(24)23(20)13-16-6-5-11-25-16/h3-4,7-10,12,16,20,22H,5-6,11,13H2,1-2H3/t16-,20-/m0/s1. The van der Waals surface area contributed by atoms with Gasteiger partial charge >= 0.3 is 0 Å². The van der Waals surface area contributed by atoms with Crippen molar-refractivity contribution in [2.75, 3.05) is 18.5 Å². The van der Waals surface area contributed by atoms with Gasteiger partial charge in [0.2, 0.25) is 0 Å². The molecule has 0 aliphatic carbocycles. The van der Waals surface area contributed by atoms with Crippen LogP contribution in [0.1, 0.15) is 46.1 Å². The van der Waals surface area contributed by atoms with Crippen LogP contribution in [0.2, 0.25) is 0 Å². The Morgan fingerprint density at radius 3 is 2.84 bits per heavy atom. The number of anilines is 1. The molecule has 4 heteroatoms. The van der Waals surface area contributed by atoms with Crippen molar-refractivity contribution in [1.29, 1.82) is 0 Å². The summed E-state index contributed by atoms with van der Waals surface area (Å²) in [6, 6.07) is 14.2. The van der Waals surface area contributed by atoms with E-state index in [1.54, 1.807) is 0 Å². The quantitative estimate of drug-likeness (QED) is 0.919. The third-order valence-corrected chi connectivity index (χ3v) is 5.18. The highest BCUT2D eigenvalue weighted by Crippen LogP contribution is 2.35. The van der Waals surface area contributed by atoms with E-state index in [1.165, 1.54) is 11.1 Å². The van der Waals surface area contributed by atoms with Crippen molar-refractivity contribution in [1.82, 2.24) is 4.90 Å². The molecule has 1 amide bonds. The number of rotatable bonds is 3. The number of hydrogen-bond acceptors (Lipinski definition) is 3. The van der Waals surface area contributed by atoms with Gasteiger partial charge in [-0.15, -0.1) is 0 Å². The molecule has 2 heterocycles. The molecule has 2 aliphatic heterocycles. The second-order valence-electron chi connectivity index (χ2n) is 7.05. The first-order valence-electron chi connectivity index (χ1n) is 8.99. The molecule has 0 saturated carbocycles. The molecule has 25 heavy (non-hydrogen) atoms. The predicted molar refractivity (Wildman–Crippen MR) is 98.7 cm³/mol. The fourth-order valence-electron chi connectivity index (χ4n) is 3.79.